The Morgan fingerprint density at radius 1 is 1.25 bits per heavy atom. The molecule has 0 bridgehead atoms. The van der Waals surface area contributed by atoms with Gasteiger partial charge in [0.2, 0.25) is 15.9 Å². The number of carbonyl (C=O) groups is 1. The highest BCUT2D eigenvalue weighted by Gasteiger charge is 2.29. The van der Waals surface area contributed by atoms with Crippen molar-refractivity contribution in [1.82, 2.24) is 4.31 Å². The van der Waals surface area contributed by atoms with Crippen LogP contribution in [-0.4, -0.2) is 44.9 Å². The molecule has 20 heavy (non-hydrogen) atoms. The topological polar surface area (TPSA) is 89.7 Å². The van der Waals surface area contributed by atoms with E-state index in [9.17, 15) is 13.2 Å². The summed E-state index contributed by atoms with van der Waals surface area (Å²) in [7, 11) is -1.87. The molecule has 1 amide bonds. The van der Waals surface area contributed by atoms with E-state index in [1.54, 1.807) is 7.11 Å². The fourth-order valence-electron chi connectivity index (χ4n) is 2.25. The number of amides is 1. The molecule has 110 valence electrons. The highest BCUT2D eigenvalue weighted by molar-refractivity contribution is 7.89. The van der Waals surface area contributed by atoms with Gasteiger partial charge in [0.15, 0.2) is 0 Å². The maximum Gasteiger partial charge on any atom is 0.248 e. The number of ether oxygens (including phenoxy) is 1. The Bertz CT molecular complexity index is 575. The zero-order chi connectivity index (χ0) is 14.8. The van der Waals surface area contributed by atoms with E-state index in [-0.39, 0.29) is 11.0 Å². The third kappa shape index (κ3) is 3.00. The Kier molecular flexibility index (Phi) is 4.42. The minimum absolute atomic E-state index is 0.124. The summed E-state index contributed by atoms with van der Waals surface area (Å²) in [6.45, 7) is 0.886. The maximum atomic E-state index is 12.4. The number of hydrogen-bond acceptors (Lipinski definition) is 4. The Morgan fingerprint density at radius 3 is 2.25 bits per heavy atom. The van der Waals surface area contributed by atoms with Crippen molar-refractivity contribution in [3.05, 3.63) is 29.8 Å². The number of methoxy groups -OCH3 is 1. The number of piperidine rings is 1. The van der Waals surface area contributed by atoms with Crippen molar-refractivity contribution in [2.24, 2.45) is 5.73 Å². The van der Waals surface area contributed by atoms with E-state index in [1.165, 1.54) is 28.6 Å². The van der Waals surface area contributed by atoms with Crippen molar-refractivity contribution in [2.75, 3.05) is 20.2 Å². The summed E-state index contributed by atoms with van der Waals surface area (Å²) in [5.74, 6) is -0.574. The molecule has 1 aromatic carbocycles. The van der Waals surface area contributed by atoms with Crippen molar-refractivity contribution in [3.8, 4) is 0 Å². The van der Waals surface area contributed by atoms with Gasteiger partial charge in [0.25, 0.3) is 0 Å². The van der Waals surface area contributed by atoms with Crippen LogP contribution >= 0.6 is 0 Å². The Morgan fingerprint density at radius 2 is 1.80 bits per heavy atom. The highest BCUT2D eigenvalue weighted by Crippen LogP contribution is 2.22. The SMILES string of the molecule is COC1CCN(S(=O)(=O)c2ccc(C(N)=O)cc2)CC1. The molecule has 0 radical (unpaired) electrons. The third-order valence-corrected chi connectivity index (χ3v) is 5.42. The summed E-state index contributed by atoms with van der Waals surface area (Å²) in [6, 6.07) is 5.68. The standard InChI is InChI=1S/C13H18N2O4S/c1-19-11-6-8-15(9-7-11)20(17,18)12-4-2-10(3-5-12)13(14)16/h2-5,11H,6-9H2,1H3,(H2,14,16). The Balaban J connectivity index is 2.16. The van der Waals surface area contributed by atoms with Gasteiger partial charge in [0.05, 0.1) is 11.0 Å². The van der Waals surface area contributed by atoms with Crippen LogP contribution in [0.2, 0.25) is 0 Å². The number of rotatable bonds is 4. The van der Waals surface area contributed by atoms with Crippen molar-refractivity contribution in [2.45, 2.75) is 23.8 Å². The molecule has 0 aromatic heterocycles. The summed E-state index contributed by atoms with van der Waals surface area (Å²) in [5, 5.41) is 0. The number of sulfonamides is 1. The van der Waals surface area contributed by atoms with Gasteiger partial charge in [-0.3, -0.25) is 4.79 Å². The van der Waals surface area contributed by atoms with E-state index < -0.39 is 15.9 Å². The molecule has 2 N–H and O–H groups in total. The van der Waals surface area contributed by atoms with Gasteiger partial charge in [-0.15, -0.1) is 0 Å². The van der Waals surface area contributed by atoms with Crippen molar-refractivity contribution in [3.63, 3.8) is 0 Å². The summed E-state index contributed by atoms with van der Waals surface area (Å²) in [6.07, 6.45) is 1.50. The van der Waals surface area contributed by atoms with Gasteiger partial charge in [-0.2, -0.15) is 4.31 Å². The second-order valence-corrected chi connectivity index (χ2v) is 6.67. The smallest absolute Gasteiger partial charge is 0.248 e. The van der Waals surface area contributed by atoms with Crippen LogP contribution in [0.1, 0.15) is 23.2 Å². The molecule has 6 nitrogen and oxygen atoms in total. The lowest BCUT2D eigenvalue weighted by Crippen LogP contribution is -2.40. The van der Waals surface area contributed by atoms with Gasteiger partial charge in [0, 0.05) is 25.8 Å². The lowest BCUT2D eigenvalue weighted by atomic mass is 10.1. The summed E-state index contributed by atoms with van der Waals surface area (Å²) >= 11 is 0. The van der Waals surface area contributed by atoms with Gasteiger partial charge in [0.1, 0.15) is 0 Å². The molecule has 0 saturated carbocycles. The van der Waals surface area contributed by atoms with E-state index in [4.69, 9.17) is 10.5 Å². The van der Waals surface area contributed by atoms with Crippen molar-refractivity contribution >= 4 is 15.9 Å². The Hall–Kier alpha value is -1.44. The molecule has 1 aliphatic heterocycles. The van der Waals surface area contributed by atoms with Crippen molar-refractivity contribution < 1.29 is 17.9 Å². The molecular formula is C13H18N2O4S. The van der Waals surface area contributed by atoms with E-state index in [1.807, 2.05) is 0 Å². The zero-order valence-corrected chi connectivity index (χ0v) is 12.1. The molecule has 1 aliphatic rings. The fourth-order valence-corrected chi connectivity index (χ4v) is 3.72. The van der Waals surface area contributed by atoms with E-state index in [0.29, 0.717) is 31.5 Å². The quantitative estimate of drug-likeness (QED) is 0.880. The summed E-state index contributed by atoms with van der Waals surface area (Å²) < 4.78 is 31.5. The highest BCUT2D eigenvalue weighted by atomic mass is 32.2. The number of benzene rings is 1. The van der Waals surface area contributed by atoms with E-state index in [0.717, 1.165) is 0 Å². The van der Waals surface area contributed by atoms with Crippen LogP contribution in [0.3, 0.4) is 0 Å². The number of primary amides is 1. The lowest BCUT2D eigenvalue weighted by molar-refractivity contribution is 0.0604. The predicted molar refractivity (Wildman–Crippen MR) is 73.7 cm³/mol. The summed E-state index contributed by atoms with van der Waals surface area (Å²) in [5.41, 5.74) is 5.43. The molecule has 0 atom stereocenters. The molecule has 1 fully saturated rings. The second kappa shape index (κ2) is 5.90. The molecule has 0 unspecified atom stereocenters. The van der Waals surface area contributed by atoms with Gasteiger partial charge >= 0.3 is 0 Å². The van der Waals surface area contributed by atoms with Crippen molar-refractivity contribution in [1.29, 1.82) is 0 Å². The predicted octanol–water partition coefficient (Wildman–Crippen LogP) is 0.585. The maximum absolute atomic E-state index is 12.4. The average Bonchev–Trinajstić information content (AvgIpc) is 2.47. The first-order chi connectivity index (χ1) is 9.45. The van der Waals surface area contributed by atoms with E-state index in [2.05, 4.69) is 0 Å². The van der Waals surface area contributed by atoms with Crippen LogP contribution in [0, 0.1) is 0 Å². The fraction of sp³-hybridized carbons (Fsp3) is 0.462. The van der Waals surface area contributed by atoms with Gasteiger partial charge < -0.3 is 10.5 Å². The molecule has 0 aliphatic carbocycles. The largest absolute Gasteiger partial charge is 0.381 e. The number of nitrogens with two attached hydrogens (primary N) is 1. The zero-order valence-electron chi connectivity index (χ0n) is 11.3. The second-order valence-electron chi connectivity index (χ2n) is 4.73. The third-order valence-electron chi connectivity index (χ3n) is 3.51. The molecule has 0 spiro atoms. The van der Waals surface area contributed by atoms with Crippen LogP contribution in [0.15, 0.2) is 29.2 Å². The number of nitrogens with zero attached hydrogens (tertiary/aromatic N) is 1. The van der Waals surface area contributed by atoms with Gasteiger partial charge in [-0.05, 0) is 37.1 Å². The van der Waals surface area contributed by atoms with Crippen LogP contribution in [0.4, 0.5) is 0 Å². The molecule has 7 heteroatoms. The van der Waals surface area contributed by atoms with Gasteiger partial charge in [-0.1, -0.05) is 0 Å². The van der Waals surface area contributed by atoms with E-state index >= 15 is 0 Å². The molecule has 1 aromatic rings. The monoisotopic (exact) mass is 298 g/mol. The van der Waals surface area contributed by atoms with Gasteiger partial charge in [-0.25, -0.2) is 8.42 Å². The summed E-state index contributed by atoms with van der Waals surface area (Å²) in [4.78, 5) is 11.2. The molecule has 2 rings (SSSR count). The van der Waals surface area contributed by atoms with Crippen LogP contribution in [-0.2, 0) is 14.8 Å². The lowest BCUT2D eigenvalue weighted by Gasteiger charge is -2.30. The average molecular weight is 298 g/mol. The molecule has 1 heterocycles. The number of hydrogen-bond donors (Lipinski definition) is 1. The molecule has 1 saturated heterocycles. The first-order valence-corrected chi connectivity index (χ1v) is 7.82. The minimum Gasteiger partial charge on any atom is -0.381 e. The van der Waals surface area contributed by atoms with Crippen LogP contribution in [0.5, 0.6) is 0 Å². The first-order valence-electron chi connectivity index (χ1n) is 6.38. The first kappa shape index (κ1) is 15.0. The molecular weight excluding hydrogens is 280 g/mol. The van der Waals surface area contributed by atoms with Crippen LogP contribution in [0.25, 0.3) is 0 Å². The normalized spacial score (nSPS) is 18.1. The number of carbonyl (C=O) groups excluding carboxylic acids is 1. The minimum atomic E-state index is -3.51. The van der Waals surface area contributed by atoms with Crippen LogP contribution < -0.4 is 5.73 Å². The Labute approximate surface area is 118 Å².